The van der Waals surface area contributed by atoms with E-state index in [9.17, 15) is 14.7 Å². The van der Waals surface area contributed by atoms with E-state index in [2.05, 4.69) is 0 Å². The number of cyclic esters (lactones) is 1. The highest BCUT2D eigenvalue weighted by molar-refractivity contribution is 6.23. The van der Waals surface area contributed by atoms with Gasteiger partial charge in [0.25, 0.3) is 0 Å². The Morgan fingerprint density at radius 1 is 1.20 bits per heavy atom. The first-order valence-corrected chi connectivity index (χ1v) is 6.89. The monoisotopic (exact) mass is 272 g/mol. The molecule has 1 aliphatic heterocycles. The quantitative estimate of drug-likeness (QED) is 0.395. The van der Waals surface area contributed by atoms with Crippen LogP contribution in [0.4, 0.5) is 0 Å². The van der Waals surface area contributed by atoms with Gasteiger partial charge in [0.1, 0.15) is 11.3 Å². The highest BCUT2D eigenvalue weighted by atomic mass is 16.6. The molecule has 104 valence electrons. The summed E-state index contributed by atoms with van der Waals surface area (Å²) in [7, 11) is 0. The third-order valence-corrected chi connectivity index (χ3v) is 3.75. The third kappa shape index (κ3) is 2.46. The first-order chi connectivity index (χ1) is 9.66. The summed E-state index contributed by atoms with van der Waals surface area (Å²) in [5.41, 5.74) is 0.978. The van der Waals surface area contributed by atoms with E-state index in [1.165, 1.54) is 0 Å². The molecule has 1 N–H and O–H groups in total. The van der Waals surface area contributed by atoms with Gasteiger partial charge in [-0.15, -0.1) is 0 Å². The Labute approximate surface area is 117 Å². The molecule has 1 aromatic rings. The number of carbonyl (C=O) groups is 2. The van der Waals surface area contributed by atoms with E-state index in [1.807, 2.05) is 30.3 Å². The summed E-state index contributed by atoms with van der Waals surface area (Å²) >= 11 is 0. The second-order valence-electron chi connectivity index (χ2n) is 5.32. The number of ether oxygens (including phenoxy) is 1. The molecule has 2 aliphatic rings. The lowest BCUT2D eigenvalue weighted by Gasteiger charge is -2.06. The number of aliphatic hydroxyl groups is 1. The van der Waals surface area contributed by atoms with Crippen molar-refractivity contribution in [2.75, 3.05) is 0 Å². The third-order valence-electron chi connectivity index (χ3n) is 3.75. The van der Waals surface area contributed by atoms with E-state index in [4.69, 9.17) is 4.74 Å². The molecule has 1 saturated carbocycles. The Bertz CT molecular complexity index is 569. The minimum atomic E-state index is -0.751. The number of carbonyl (C=O) groups excluding carboxylic acids is 2. The maximum Gasteiger partial charge on any atom is 0.346 e. The lowest BCUT2D eigenvalue weighted by atomic mass is 10.0. The average molecular weight is 272 g/mol. The fourth-order valence-corrected chi connectivity index (χ4v) is 2.43. The molecule has 1 saturated heterocycles. The molecule has 1 aromatic carbocycles. The SMILES string of the molecule is O=C1OC(CCc2ccccc2)C(=O)C1=C(O)C1CC1. The van der Waals surface area contributed by atoms with E-state index >= 15 is 0 Å². The molecule has 20 heavy (non-hydrogen) atoms. The lowest BCUT2D eigenvalue weighted by Crippen LogP contribution is -2.17. The summed E-state index contributed by atoms with van der Waals surface area (Å²) in [4.78, 5) is 23.9. The van der Waals surface area contributed by atoms with E-state index in [-0.39, 0.29) is 23.0 Å². The van der Waals surface area contributed by atoms with Gasteiger partial charge in [-0.2, -0.15) is 0 Å². The van der Waals surface area contributed by atoms with Crippen molar-refractivity contribution in [3.63, 3.8) is 0 Å². The molecular weight excluding hydrogens is 256 g/mol. The summed E-state index contributed by atoms with van der Waals surface area (Å²) < 4.78 is 5.10. The van der Waals surface area contributed by atoms with Crippen molar-refractivity contribution in [3.8, 4) is 0 Å². The molecule has 1 atom stereocenters. The van der Waals surface area contributed by atoms with Gasteiger partial charge in [-0.1, -0.05) is 30.3 Å². The normalized spacial score (nSPS) is 24.7. The van der Waals surface area contributed by atoms with E-state index in [1.54, 1.807) is 0 Å². The molecule has 4 nitrogen and oxygen atoms in total. The van der Waals surface area contributed by atoms with E-state index in [0.29, 0.717) is 12.8 Å². The molecule has 1 unspecified atom stereocenters. The number of esters is 1. The number of Topliss-reactive ketones (excluding diaryl/α,β-unsaturated/α-hetero) is 1. The van der Waals surface area contributed by atoms with Gasteiger partial charge in [0.15, 0.2) is 6.10 Å². The molecule has 2 fully saturated rings. The topological polar surface area (TPSA) is 63.6 Å². The highest BCUT2D eigenvalue weighted by Gasteiger charge is 2.43. The zero-order valence-corrected chi connectivity index (χ0v) is 11.0. The van der Waals surface area contributed by atoms with Crippen LogP contribution in [0.5, 0.6) is 0 Å². The van der Waals surface area contributed by atoms with Crippen LogP contribution >= 0.6 is 0 Å². The Hall–Kier alpha value is -2.10. The van der Waals surface area contributed by atoms with Crippen molar-refractivity contribution in [2.45, 2.75) is 31.8 Å². The van der Waals surface area contributed by atoms with Crippen LogP contribution in [0.25, 0.3) is 0 Å². The summed E-state index contributed by atoms with van der Waals surface area (Å²) in [6.45, 7) is 0. The van der Waals surface area contributed by atoms with Gasteiger partial charge >= 0.3 is 5.97 Å². The van der Waals surface area contributed by atoms with Crippen LogP contribution in [0.3, 0.4) is 0 Å². The van der Waals surface area contributed by atoms with Gasteiger partial charge in [-0.25, -0.2) is 4.79 Å². The molecule has 3 rings (SSSR count). The maximum atomic E-state index is 12.1. The summed E-state index contributed by atoms with van der Waals surface area (Å²) in [5, 5.41) is 9.89. The molecule has 0 radical (unpaired) electrons. The summed E-state index contributed by atoms with van der Waals surface area (Å²) in [5.74, 6) is -1.12. The Morgan fingerprint density at radius 3 is 2.55 bits per heavy atom. The van der Waals surface area contributed by atoms with Crippen molar-refractivity contribution in [1.82, 2.24) is 0 Å². The lowest BCUT2D eigenvalue weighted by molar-refractivity contribution is -0.141. The predicted molar refractivity (Wildman–Crippen MR) is 72.0 cm³/mol. The summed E-state index contributed by atoms with van der Waals surface area (Å²) in [6, 6.07) is 9.74. The minimum absolute atomic E-state index is 0.0191. The molecule has 1 heterocycles. The van der Waals surface area contributed by atoms with Gasteiger partial charge in [0, 0.05) is 5.92 Å². The smallest absolute Gasteiger partial charge is 0.346 e. The zero-order valence-electron chi connectivity index (χ0n) is 11.0. The molecule has 0 aromatic heterocycles. The largest absolute Gasteiger partial charge is 0.511 e. The Kier molecular flexibility index (Phi) is 3.30. The first-order valence-electron chi connectivity index (χ1n) is 6.89. The fourth-order valence-electron chi connectivity index (χ4n) is 2.43. The van der Waals surface area contributed by atoms with Crippen molar-refractivity contribution in [1.29, 1.82) is 0 Å². The minimum Gasteiger partial charge on any atom is -0.511 e. The van der Waals surface area contributed by atoms with Crippen molar-refractivity contribution in [3.05, 3.63) is 47.2 Å². The number of hydrogen-bond acceptors (Lipinski definition) is 4. The average Bonchev–Trinajstić information content (AvgIpc) is 3.25. The molecule has 0 amide bonds. The molecule has 0 bridgehead atoms. The van der Waals surface area contributed by atoms with E-state index in [0.717, 1.165) is 18.4 Å². The van der Waals surface area contributed by atoms with Gasteiger partial charge < -0.3 is 9.84 Å². The molecular formula is C16H16O4. The van der Waals surface area contributed by atoms with Crippen LogP contribution in [0, 0.1) is 5.92 Å². The number of benzene rings is 1. The number of ketones is 1. The van der Waals surface area contributed by atoms with Crippen LogP contribution in [0.1, 0.15) is 24.8 Å². The van der Waals surface area contributed by atoms with Crippen LogP contribution < -0.4 is 0 Å². The standard InChI is InChI=1S/C16H16O4/c17-14(11-7-8-11)13-15(18)12(20-16(13)19)9-6-10-4-2-1-3-5-10/h1-5,11-12,17H,6-9H2. The Morgan fingerprint density at radius 2 is 1.90 bits per heavy atom. The van der Waals surface area contributed by atoms with Crippen molar-refractivity contribution in [2.24, 2.45) is 5.92 Å². The second-order valence-corrected chi connectivity index (χ2v) is 5.32. The van der Waals surface area contributed by atoms with Gasteiger partial charge in [0.05, 0.1) is 0 Å². The van der Waals surface area contributed by atoms with Gasteiger partial charge in [0.2, 0.25) is 5.78 Å². The number of aliphatic hydroxyl groups excluding tert-OH is 1. The summed E-state index contributed by atoms with van der Waals surface area (Å²) in [6.07, 6.45) is 2.05. The Balaban J connectivity index is 1.69. The molecule has 1 aliphatic carbocycles. The fraction of sp³-hybridized carbons (Fsp3) is 0.375. The zero-order chi connectivity index (χ0) is 14.1. The van der Waals surface area contributed by atoms with Gasteiger partial charge in [-0.3, -0.25) is 4.79 Å². The highest BCUT2D eigenvalue weighted by Crippen LogP contribution is 2.38. The predicted octanol–water partition coefficient (Wildman–Crippen LogP) is 2.34. The van der Waals surface area contributed by atoms with Crippen molar-refractivity contribution < 1.29 is 19.4 Å². The van der Waals surface area contributed by atoms with Crippen LogP contribution in [0.2, 0.25) is 0 Å². The number of allylic oxidation sites excluding steroid dienone is 1. The van der Waals surface area contributed by atoms with Crippen LogP contribution in [-0.2, 0) is 20.7 Å². The maximum absolute atomic E-state index is 12.1. The number of rotatable bonds is 4. The second kappa shape index (κ2) is 5.12. The van der Waals surface area contributed by atoms with E-state index < -0.39 is 12.1 Å². The molecule has 0 spiro atoms. The van der Waals surface area contributed by atoms with Crippen LogP contribution in [-0.4, -0.2) is 23.0 Å². The van der Waals surface area contributed by atoms with Crippen LogP contribution in [0.15, 0.2) is 41.7 Å². The number of aryl methyl sites for hydroxylation is 1. The first kappa shape index (κ1) is 12.9. The van der Waals surface area contributed by atoms with Crippen molar-refractivity contribution >= 4 is 11.8 Å². The number of hydrogen-bond donors (Lipinski definition) is 1. The van der Waals surface area contributed by atoms with Gasteiger partial charge in [-0.05, 0) is 31.2 Å². The molecule has 4 heteroatoms.